The van der Waals surface area contributed by atoms with Crippen molar-refractivity contribution >= 4 is 34.4 Å². The van der Waals surface area contributed by atoms with E-state index < -0.39 is 11.6 Å². The summed E-state index contributed by atoms with van der Waals surface area (Å²) >= 11 is 2.19. The Morgan fingerprint density at radius 3 is 2.24 bits per heavy atom. The zero-order valence-electron chi connectivity index (χ0n) is 17.0. The Balaban J connectivity index is 2.15. The summed E-state index contributed by atoms with van der Waals surface area (Å²) in [6.07, 6.45) is 0. The largest absolute Gasteiger partial charge is 0.484 e. The maximum atomic E-state index is 13.2. The summed E-state index contributed by atoms with van der Waals surface area (Å²) < 4.78 is 19.9. The molecule has 1 atom stereocenters. The first-order valence-electron chi connectivity index (χ1n) is 9.29. The van der Waals surface area contributed by atoms with Gasteiger partial charge in [-0.3, -0.25) is 9.59 Å². The lowest BCUT2D eigenvalue weighted by atomic mass is 10.1. The van der Waals surface area contributed by atoms with Crippen LogP contribution in [0.4, 0.5) is 4.39 Å². The van der Waals surface area contributed by atoms with Crippen molar-refractivity contribution in [1.82, 2.24) is 10.2 Å². The predicted octanol–water partition coefficient (Wildman–Crippen LogP) is 4.14. The summed E-state index contributed by atoms with van der Waals surface area (Å²) in [5.41, 5.74) is 0.303. The third kappa shape index (κ3) is 7.64. The Labute approximate surface area is 184 Å². The first kappa shape index (κ1) is 23.1. The summed E-state index contributed by atoms with van der Waals surface area (Å²) in [4.78, 5) is 27.0. The van der Waals surface area contributed by atoms with Gasteiger partial charge >= 0.3 is 0 Å². The monoisotopic (exact) mass is 512 g/mol. The highest BCUT2D eigenvalue weighted by Crippen LogP contribution is 2.15. The molecule has 7 heteroatoms. The van der Waals surface area contributed by atoms with Crippen molar-refractivity contribution in [1.29, 1.82) is 0 Å². The normalized spacial score (nSPS) is 12.2. The Hall–Kier alpha value is -2.16. The molecule has 0 saturated carbocycles. The summed E-state index contributed by atoms with van der Waals surface area (Å²) in [6.45, 7) is 7.28. The van der Waals surface area contributed by atoms with Crippen LogP contribution in [-0.2, 0) is 16.1 Å². The van der Waals surface area contributed by atoms with Crippen LogP contribution in [0.3, 0.4) is 0 Å². The van der Waals surface area contributed by atoms with Gasteiger partial charge in [-0.1, -0.05) is 12.1 Å². The molecule has 0 aliphatic heterocycles. The van der Waals surface area contributed by atoms with Crippen molar-refractivity contribution in [2.45, 2.75) is 45.8 Å². The van der Waals surface area contributed by atoms with Crippen LogP contribution in [-0.4, -0.2) is 34.9 Å². The zero-order valence-corrected chi connectivity index (χ0v) is 19.2. The zero-order chi connectivity index (χ0) is 21.6. The number of benzene rings is 2. The standard InChI is InChI=1S/C22H26FIN2O3/c1-15(21(28)25-22(2,3)4)26(13-16-5-7-17(23)8-6-16)20(27)14-29-19-11-9-18(24)10-12-19/h5-12,15H,13-14H2,1-4H3,(H,25,28). The van der Waals surface area contributed by atoms with Crippen molar-refractivity contribution in [2.75, 3.05) is 6.61 Å². The number of hydrogen-bond donors (Lipinski definition) is 1. The molecule has 0 fully saturated rings. The van der Waals surface area contributed by atoms with Crippen molar-refractivity contribution in [3.8, 4) is 5.75 Å². The predicted molar refractivity (Wildman–Crippen MR) is 119 cm³/mol. The molecule has 0 heterocycles. The summed E-state index contributed by atoms with van der Waals surface area (Å²) in [5.74, 6) is -0.369. The molecule has 2 aromatic carbocycles. The van der Waals surface area contributed by atoms with Gasteiger partial charge in [0.2, 0.25) is 5.91 Å². The number of hydrogen-bond acceptors (Lipinski definition) is 3. The van der Waals surface area contributed by atoms with Crippen LogP contribution in [0.5, 0.6) is 5.75 Å². The Bertz CT molecular complexity index is 833. The van der Waals surface area contributed by atoms with Gasteiger partial charge in [0.25, 0.3) is 5.91 Å². The number of carbonyl (C=O) groups is 2. The van der Waals surface area contributed by atoms with Crippen LogP contribution in [0.25, 0.3) is 0 Å². The van der Waals surface area contributed by atoms with Gasteiger partial charge in [0.05, 0.1) is 0 Å². The third-order valence-corrected chi connectivity index (χ3v) is 4.83. The molecule has 0 aliphatic carbocycles. The summed E-state index contributed by atoms with van der Waals surface area (Å²) in [6, 6.07) is 12.5. The SMILES string of the molecule is CC(C(=O)NC(C)(C)C)N(Cc1ccc(F)cc1)C(=O)COc1ccc(I)cc1. The topological polar surface area (TPSA) is 58.6 Å². The van der Waals surface area contributed by atoms with Gasteiger partial charge in [-0.05, 0) is 92.2 Å². The van der Waals surface area contributed by atoms with E-state index in [9.17, 15) is 14.0 Å². The van der Waals surface area contributed by atoms with E-state index in [1.54, 1.807) is 31.2 Å². The van der Waals surface area contributed by atoms with E-state index in [1.807, 2.05) is 32.9 Å². The average Bonchev–Trinajstić information content (AvgIpc) is 2.65. The van der Waals surface area contributed by atoms with Crippen LogP contribution in [0.15, 0.2) is 48.5 Å². The Kier molecular flexibility index (Phi) is 8.01. The average molecular weight is 512 g/mol. The Morgan fingerprint density at radius 1 is 1.10 bits per heavy atom. The van der Waals surface area contributed by atoms with E-state index in [0.717, 1.165) is 9.13 Å². The fraction of sp³-hybridized carbons (Fsp3) is 0.364. The molecule has 2 aromatic rings. The molecule has 2 amide bonds. The molecule has 5 nitrogen and oxygen atoms in total. The smallest absolute Gasteiger partial charge is 0.261 e. The molecule has 1 N–H and O–H groups in total. The highest BCUT2D eigenvalue weighted by molar-refractivity contribution is 14.1. The first-order valence-corrected chi connectivity index (χ1v) is 10.4. The van der Waals surface area contributed by atoms with Gasteiger partial charge in [0, 0.05) is 15.7 Å². The molecule has 0 radical (unpaired) electrons. The molecular formula is C22H26FIN2O3. The second-order valence-electron chi connectivity index (χ2n) is 7.81. The number of carbonyl (C=O) groups excluding carboxylic acids is 2. The van der Waals surface area contributed by atoms with Gasteiger partial charge < -0.3 is 15.0 Å². The lowest BCUT2D eigenvalue weighted by Crippen LogP contribution is -2.53. The summed E-state index contributed by atoms with van der Waals surface area (Å²) in [5, 5.41) is 2.89. The highest BCUT2D eigenvalue weighted by atomic mass is 127. The van der Waals surface area contributed by atoms with E-state index in [4.69, 9.17) is 4.74 Å². The first-order chi connectivity index (χ1) is 13.5. The molecule has 156 valence electrons. The number of rotatable bonds is 7. The molecule has 0 aliphatic rings. The second-order valence-corrected chi connectivity index (χ2v) is 9.05. The van der Waals surface area contributed by atoms with Gasteiger partial charge in [-0.2, -0.15) is 0 Å². The number of nitrogens with zero attached hydrogens (tertiary/aromatic N) is 1. The van der Waals surface area contributed by atoms with E-state index in [2.05, 4.69) is 27.9 Å². The van der Waals surface area contributed by atoms with Gasteiger partial charge in [0.15, 0.2) is 6.61 Å². The van der Waals surface area contributed by atoms with Crippen LogP contribution in [0.2, 0.25) is 0 Å². The minimum absolute atomic E-state index is 0.174. The molecular weight excluding hydrogens is 486 g/mol. The molecule has 1 unspecified atom stereocenters. The molecule has 0 spiro atoms. The van der Waals surface area contributed by atoms with E-state index in [-0.39, 0.29) is 30.8 Å². The number of ether oxygens (including phenoxy) is 1. The Morgan fingerprint density at radius 2 is 1.69 bits per heavy atom. The lowest BCUT2D eigenvalue weighted by Gasteiger charge is -2.31. The third-order valence-electron chi connectivity index (χ3n) is 4.11. The van der Waals surface area contributed by atoms with Gasteiger partial charge in [-0.15, -0.1) is 0 Å². The number of halogens is 2. The van der Waals surface area contributed by atoms with Crippen LogP contribution in [0, 0.1) is 9.39 Å². The fourth-order valence-corrected chi connectivity index (χ4v) is 2.96. The highest BCUT2D eigenvalue weighted by Gasteiger charge is 2.28. The van der Waals surface area contributed by atoms with Crippen LogP contribution < -0.4 is 10.1 Å². The van der Waals surface area contributed by atoms with Crippen LogP contribution in [0.1, 0.15) is 33.3 Å². The second kappa shape index (κ2) is 10.0. The number of amides is 2. The quantitative estimate of drug-likeness (QED) is 0.568. The lowest BCUT2D eigenvalue weighted by molar-refractivity contribution is -0.142. The molecule has 0 aromatic heterocycles. The minimum Gasteiger partial charge on any atom is -0.484 e. The van der Waals surface area contributed by atoms with E-state index >= 15 is 0 Å². The van der Waals surface area contributed by atoms with E-state index in [0.29, 0.717) is 5.75 Å². The minimum atomic E-state index is -0.716. The van der Waals surface area contributed by atoms with E-state index in [1.165, 1.54) is 17.0 Å². The maximum absolute atomic E-state index is 13.2. The van der Waals surface area contributed by atoms with Crippen molar-refractivity contribution in [3.63, 3.8) is 0 Å². The maximum Gasteiger partial charge on any atom is 0.261 e. The van der Waals surface area contributed by atoms with Crippen molar-refractivity contribution in [3.05, 3.63) is 63.5 Å². The molecule has 0 bridgehead atoms. The van der Waals surface area contributed by atoms with Crippen molar-refractivity contribution in [2.24, 2.45) is 0 Å². The molecule has 0 saturated heterocycles. The number of nitrogens with one attached hydrogen (secondary N) is 1. The van der Waals surface area contributed by atoms with Crippen LogP contribution >= 0.6 is 22.6 Å². The fourth-order valence-electron chi connectivity index (χ4n) is 2.60. The molecule has 29 heavy (non-hydrogen) atoms. The van der Waals surface area contributed by atoms with Crippen molar-refractivity contribution < 1.29 is 18.7 Å². The summed E-state index contributed by atoms with van der Waals surface area (Å²) in [7, 11) is 0. The van der Waals surface area contributed by atoms with Gasteiger partial charge in [0.1, 0.15) is 17.6 Å². The van der Waals surface area contributed by atoms with Gasteiger partial charge in [-0.25, -0.2) is 4.39 Å². The molecule has 2 rings (SSSR count).